The van der Waals surface area contributed by atoms with Gasteiger partial charge >= 0.3 is 12.0 Å². The van der Waals surface area contributed by atoms with Crippen molar-refractivity contribution in [2.45, 2.75) is 19.3 Å². The van der Waals surface area contributed by atoms with Crippen LogP contribution in [0.5, 0.6) is 0 Å². The van der Waals surface area contributed by atoms with Crippen LogP contribution in [0.4, 0.5) is 19.0 Å². The molecule has 0 spiro atoms. The predicted molar refractivity (Wildman–Crippen MR) is 69.8 cm³/mol. The first-order valence-electron chi connectivity index (χ1n) is 5.90. The van der Waals surface area contributed by atoms with Crippen LogP contribution in [0.3, 0.4) is 0 Å². The van der Waals surface area contributed by atoms with Gasteiger partial charge in [0.2, 0.25) is 0 Å². The van der Waals surface area contributed by atoms with E-state index in [1.165, 1.54) is 0 Å². The van der Waals surface area contributed by atoms with Gasteiger partial charge in [-0.2, -0.15) is 21.6 Å². The maximum atomic E-state index is 12.0. The van der Waals surface area contributed by atoms with Gasteiger partial charge in [-0.15, -0.1) is 0 Å². The van der Waals surface area contributed by atoms with Crippen LogP contribution in [0.15, 0.2) is 12.1 Å². The summed E-state index contributed by atoms with van der Waals surface area (Å²) in [6.45, 7) is -2.98. The Kier molecular flexibility index (Phi) is 5.71. The Morgan fingerprint density at radius 1 is 1.43 bits per heavy atom. The summed E-state index contributed by atoms with van der Waals surface area (Å²) in [5.41, 5.74) is -0.0516. The molecule has 1 aromatic heterocycles. The van der Waals surface area contributed by atoms with E-state index in [-0.39, 0.29) is 5.69 Å². The van der Waals surface area contributed by atoms with Crippen LogP contribution in [-0.2, 0) is 32.2 Å². The topological polar surface area (TPSA) is 121 Å². The van der Waals surface area contributed by atoms with E-state index in [0.29, 0.717) is 0 Å². The average molecular weight is 359 g/mol. The van der Waals surface area contributed by atoms with Crippen LogP contribution >= 0.6 is 0 Å². The van der Waals surface area contributed by atoms with E-state index in [9.17, 15) is 36.5 Å². The third-order valence-electron chi connectivity index (χ3n) is 2.44. The number of carbonyl (C=O) groups is 1. The highest BCUT2D eigenvalue weighted by Crippen LogP contribution is 2.19. The summed E-state index contributed by atoms with van der Waals surface area (Å²) in [6, 6.07) is 2.12. The second kappa shape index (κ2) is 6.95. The SMILES string of the molecule is CS(=O)(=O)OCc1ccc([N+](=O)[O-])n1CC(=O)NCC(F)(F)F. The molecule has 0 radical (unpaired) electrons. The van der Waals surface area contributed by atoms with E-state index < -0.39 is 52.6 Å². The zero-order valence-corrected chi connectivity index (χ0v) is 12.5. The zero-order valence-electron chi connectivity index (χ0n) is 11.7. The smallest absolute Gasteiger partial charge is 0.358 e. The molecule has 0 atom stereocenters. The molecule has 23 heavy (non-hydrogen) atoms. The maximum Gasteiger partial charge on any atom is 0.405 e. The van der Waals surface area contributed by atoms with Crippen molar-refractivity contribution in [3.05, 3.63) is 27.9 Å². The van der Waals surface area contributed by atoms with Crippen LogP contribution in [0.2, 0.25) is 0 Å². The first-order chi connectivity index (χ1) is 10.4. The number of carbonyl (C=O) groups excluding carboxylic acids is 1. The molecule has 0 aliphatic carbocycles. The highest BCUT2D eigenvalue weighted by molar-refractivity contribution is 7.85. The number of hydrogen-bond donors (Lipinski definition) is 1. The molecule has 0 aromatic carbocycles. The summed E-state index contributed by atoms with van der Waals surface area (Å²) in [5.74, 6) is -1.71. The highest BCUT2D eigenvalue weighted by atomic mass is 32.2. The van der Waals surface area contributed by atoms with E-state index >= 15 is 0 Å². The fourth-order valence-corrected chi connectivity index (χ4v) is 1.87. The number of halogens is 3. The Morgan fingerprint density at radius 2 is 2.04 bits per heavy atom. The summed E-state index contributed by atoms with van der Waals surface area (Å²) >= 11 is 0. The largest absolute Gasteiger partial charge is 0.405 e. The monoisotopic (exact) mass is 359 g/mol. The molecule has 0 fully saturated rings. The van der Waals surface area contributed by atoms with Gasteiger partial charge in [0, 0.05) is 6.07 Å². The van der Waals surface area contributed by atoms with Crippen molar-refractivity contribution >= 4 is 21.8 Å². The van der Waals surface area contributed by atoms with Gasteiger partial charge in [-0.05, 0) is 11.0 Å². The van der Waals surface area contributed by atoms with E-state index in [1.54, 1.807) is 5.32 Å². The summed E-state index contributed by atoms with van der Waals surface area (Å²) < 4.78 is 63.1. The minimum Gasteiger partial charge on any atom is -0.358 e. The lowest BCUT2D eigenvalue weighted by molar-refractivity contribution is -0.392. The molecule has 0 saturated heterocycles. The lowest BCUT2D eigenvalue weighted by atomic mass is 10.4. The first kappa shape index (κ1) is 18.9. The van der Waals surface area contributed by atoms with Gasteiger partial charge in [0.25, 0.3) is 16.0 Å². The molecule has 0 unspecified atom stereocenters. The Hall–Kier alpha value is -2.15. The quantitative estimate of drug-likeness (QED) is 0.431. The van der Waals surface area contributed by atoms with Crippen LogP contribution in [0.25, 0.3) is 0 Å². The first-order valence-corrected chi connectivity index (χ1v) is 7.71. The van der Waals surface area contributed by atoms with Gasteiger partial charge in [0.05, 0.1) is 6.26 Å². The maximum absolute atomic E-state index is 12.0. The number of nitrogens with one attached hydrogen (secondary N) is 1. The molecule has 1 N–H and O–H groups in total. The molecule has 1 rings (SSSR count). The van der Waals surface area contributed by atoms with Gasteiger partial charge < -0.3 is 15.4 Å². The number of hydrogen-bond acceptors (Lipinski definition) is 6. The van der Waals surface area contributed by atoms with Gasteiger partial charge in [0.15, 0.2) is 6.54 Å². The third-order valence-corrected chi connectivity index (χ3v) is 2.99. The van der Waals surface area contributed by atoms with Gasteiger partial charge in [-0.3, -0.25) is 8.98 Å². The summed E-state index contributed by atoms with van der Waals surface area (Å²) in [5, 5.41) is 12.4. The molecule has 1 heterocycles. The molecular formula is C10H12F3N3O6S. The summed E-state index contributed by atoms with van der Waals surface area (Å²) in [4.78, 5) is 21.5. The molecule has 1 aromatic rings. The van der Waals surface area contributed by atoms with E-state index in [2.05, 4.69) is 4.18 Å². The zero-order chi connectivity index (χ0) is 17.8. The van der Waals surface area contributed by atoms with Crippen molar-refractivity contribution in [3.8, 4) is 0 Å². The molecule has 9 nitrogen and oxygen atoms in total. The molecule has 13 heteroatoms. The fraction of sp³-hybridized carbons (Fsp3) is 0.500. The standard InChI is InChI=1S/C10H12F3N3O6S/c1-23(20,21)22-5-7-2-3-9(16(18)19)15(7)4-8(17)14-6-10(11,12)13/h2-3H,4-6H2,1H3,(H,14,17). The van der Waals surface area contributed by atoms with E-state index in [4.69, 9.17) is 0 Å². The van der Waals surface area contributed by atoms with Crippen molar-refractivity contribution < 1.29 is 35.5 Å². The average Bonchev–Trinajstić information content (AvgIpc) is 2.75. The Labute approximate surface area is 128 Å². The van der Waals surface area contributed by atoms with Crippen molar-refractivity contribution in [1.29, 1.82) is 0 Å². The van der Waals surface area contributed by atoms with Crippen LogP contribution in [0.1, 0.15) is 5.69 Å². The molecular weight excluding hydrogens is 347 g/mol. The Morgan fingerprint density at radius 3 is 2.52 bits per heavy atom. The summed E-state index contributed by atoms with van der Waals surface area (Å²) in [6.07, 6.45) is -3.87. The second-order valence-electron chi connectivity index (χ2n) is 4.38. The number of amides is 1. The van der Waals surface area contributed by atoms with Crippen LogP contribution in [-0.4, -0.2) is 42.8 Å². The number of nitro groups is 1. The number of aromatic nitrogens is 1. The van der Waals surface area contributed by atoms with E-state index in [1.807, 2.05) is 0 Å². The van der Waals surface area contributed by atoms with Crippen molar-refractivity contribution in [1.82, 2.24) is 9.88 Å². The fourth-order valence-electron chi connectivity index (χ4n) is 1.53. The molecule has 130 valence electrons. The van der Waals surface area contributed by atoms with Gasteiger partial charge in [0.1, 0.15) is 18.8 Å². The van der Waals surface area contributed by atoms with Crippen molar-refractivity contribution in [2.75, 3.05) is 12.8 Å². The molecule has 0 aliphatic rings. The van der Waals surface area contributed by atoms with Gasteiger partial charge in [-0.1, -0.05) is 0 Å². The lowest BCUT2D eigenvalue weighted by Gasteiger charge is -2.09. The van der Waals surface area contributed by atoms with Crippen LogP contribution < -0.4 is 5.32 Å². The Balaban J connectivity index is 2.91. The molecule has 0 saturated carbocycles. The van der Waals surface area contributed by atoms with E-state index in [0.717, 1.165) is 23.0 Å². The number of alkyl halides is 3. The molecule has 1 amide bonds. The normalized spacial score (nSPS) is 12.2. The number of rotatable bonds is 7. The van der Waals surface area contributed by atoms with Crippen molar-refractivity contribution in [2.24, 2.45) is 0 Å². The Bertz CT molecular complexity index is 697. The molecule has 0 bridgehead atoms. The van der Waals surface area contributed by atoms with Crippen molar-refractivity contribution in [3.63, 3.8) is 0 Å². The third kappa shape index (κ3) is 6.65. The minimum absolute atomic E-state index is 0.0516. The number of nitrogens with zero attached hydrogens (tertiary/aromatic N) is 2. The summed E-state index contributed by atoms with van der Waals surface area (Å²) in [7, 11) is -3.84. The molecule has 0 aliphatic heterocycles. The van der Waals surface area contributed by atoms with Crippen LogP contribution in [0, 0.1) is 10.1 Å². The second-order valence-corrected chi connectivity index (χ2v) is 6.03. The highest BCUT2D eigenvalue weighted by Gasteiger charge is 2.29. The minimum atomic E-state index is -4.62. The predicted octanol–water partition coefficient (Wildman–Crippen LogP) is 0.551. The lowest BCUT2D eigenvalue weighted by Crippen LogP contribution is -2.36. The van der Waals surface area contributed by atoms with Gasteiger partial charge in [-0.25, -0.2) is 4.57 Å².